The van der Waals surface area contributed by atoms with Gasteiger partial charge in [-0.1, -0.05) is 31.6 Å². The number of hydrogen-bond acceptors (Lipinski definition) is 7. The Kier molecular flexibility index (Phi) is 8.62. The summed E-state index contributed by atoms with van der Waals surface area (Å²) in [4.78, 5) is 10.4. The molecule has 1 N–H and O–H groups in total. The van der Waals surface area contributed by atoms with Gasteiger partial charge in [0, 0.05) is 61.0 Å². The minimum Gasteiger partial charge on any atom is -0.487 e. The number of benzene rings is 1. The van der Waals surface area contributed by atoms with Crippen molar-refractivity contribution >= 4 is 10.0 Å². The molecule has 2 aromatic rings. The number of nitrogens with zero attached hydrogens (tertiary/aromatic N) is 4. The fourth-order valence-electron chi connectivity index (χ4n) is 4.87. The zero-order valence-electron chi connectivity index (χ0n) is 21.3. The molecule has 9 heteroatoms. The molecule has 0 unspecified atom stereocenters. The molecular formula is C27H36N4O4S. The summed E-state index contributed by atoms with van der Waals surface area (Å²) in [6.45, 7) is 4.93. The minimum absolute atomic E-state index is 0.116. The van der Waals surface area contributed by atoms with E-state index in [0.29, 0.717) is 24.8 Å². The topological polar surface area (TPSA) is 95.9 Å². The summed E-state index contributed by atoms with van der Waals surface area (Å²) in [6, 6.07) is 4.56. The first kappa shape index (κ1) is 26.6. The zero-order valence-corrected chi connectivity index (χ0v) is 22.1. The molecule has 1 fully saturated rings. The molecule has 1 aliphatic carbocycles. The normalized spacial score (nSPS) is 23.1. The molecule has 2 heterocycles. The second kappa shape index (κ2) is 11.7. The van der Waals surface area contributed by atoms with E-state index in [1.54, 1.807) is 37.5 Å². The maximum atomic E-state index is 13.6. The van der Waals surface area contributed by atoms with Crippen LogP contribution >= 0.6 is 0 Å². The van der Waals surface area contributed by atoms with E-state index in [0.717, 1.165) is 24.0 Å². The van der Waals surface area contributed by atoms with E-state index in [1.807, 2.05) is 14.0 Å². The van der Waals surface area contributed by atoms with E-state index in [-0.39, 0.29) is 30.1 Å². The number of aliphatic hydroxyl groups is 1. The first-order chi connectivity index (χ1) is 17.3. The van der Waals surface area contributed by atoms with Crippen molar-refractivity contribution in [3.05, 3.63) is 48.0 Å². The molecule has 4 rings (SSSR count). The van der Waals surface area contributed by atoms with Gasteiger partial charge in [-0.2, -0.15) is 4.31 Å². The van der Waals surface area contributed by atoms with Crippen LogP contribution in [0.1, 0.15) is 50.7 Å². The van der Waals surface area contributed by atoms with Gasteiger partial charge in [0.1, 0.15) is 23.1 Å². The zero-order chi connectivity index (χ0) is 25.7. The standard InChI is InChI=1S/C27H36N4O4S/c1-20-15-31(21(2)18-32)36(33,34)27-11-10-23(9-8-22-6-4-5-7-22)12-25(27)35-26(20)17-30(3)16-24-13-28-19-29-14-24/h10-14,19-22,26,32H,4-7,15-18H2,1-3H3/t20-,21+,26+/m1/s1. The monoisotopic (exact) mass is 512 g/mol. The van der Waals surface area contributed by atoms with E-state index >= 15 is 0 Å². The second-order valence-corrected chi connectivity index (χ2v) is 12.0. The first-order valence-corrected chi connectivity index (χ1v) is 14.1. The molecule has 36 heavy (non-hydrogen) atoms. The van der Waals surface area contributed by atoms with Crippen molar-refractivity contribution in [1.82, 2.24) is 19.2 Å². The number of hydrogen-bond donors (Lipinski definition) is 1. The number of aromatic nitrogens is 2. The first-order valence-electron chi connectivity index (χ1n) is 12.6. The summed E-state index contributed by atoms with van der Waals surface area (Å²) in [5.41, 5.74) is 1.74. The largest absolute Gasteiger partial charge is 0.487 e. The molecule has 8 nitrogen and oxygen atoms in total. The highest BCUT2D eigenvalue weighted by atomic mass is 32.2. The molecular weight excluding hydrogens is 476 g/mol. The molecule has 1 aromatic carbocycles. The van der Waals surface area contributed by atoms with Crippen LogP contribution in [-0.2, 0) is 16.6 Å². The smallest absolute Gasteiger partial charge is 0.247 e. The summed E-state index contributed by atoms with van der Waals surface area (Å²) >= 11 is 0. The van der Waals surface area contributed by atoms with Crippen LogP contribution in [-0.4, -0.2) is 71.6 Å². The van der Waals surface area contributed by atoms with Crippen molar-refractivity contribution in [2.24, 2.45) is 11.8 Å². The maximum Gasteiger partial charge on any atom is 0.247 e. The van der Waals surface area contributed by atoms with Crippen LogP contribution in [0.15, 0.2) is 41.8 Å². The number of rotatable bonds is 6. The van der Waals surface area contributed by atoms with Crippen LogP contribution < -0.4 is 4.74 Å². The summed E-state index contributed by atoms with van der Waals surface area (Å²) < 4.78 is 35.2. The van der Waals surface area contributed by atoms with Gasteiger partial charge in [-0.25, -0.2) is 18.4 Å². The highest BCUT2D eigenvalue weighted by molar-refractivity contribution is 7.89. The van der Waals surface area contributed by atoms with Gasteiger partial charge in [-0.05, 0) is 45.0 Å². The van der Waals surface area contributed by atoms with Gasteiger partial charge >= 0.3 is 0 Å². The SMILES string of the molecule is C[C@@H]1CN([C@@H](C)CO)S(=O)(=O)c2ccc(C#CC3CCCC3)cc2O[C@H]1CN(C)Cc1cncnc1. The third kappa shape index (κ3) is 6.24. The predicted molar refractivity (Wildman–Crippen MR) is 138 cm³/mol. The molecule has 3 atom stereocenters. The predicted octanol–water partition coefficient (Wildman–Crippen LogP) is 2.92. The Balaban J connectivity index is 1.66. The lowest BCUT2D eigenvalue weighted by molar-refractivity contribution is 0.0733. The summed E-state index contributed by atoms with van der Waals surface area (Å²) in [5.74, 6) is 7.19. The van der Waals surface area contributed by atoms with Gasteiger partial charge in [0.25, 0.3) is 0 Å². The molecule has 2 aliphatic rings. The van der Waals surface area contributed by atoms with Crippen LogP contribution in [0.25, 0.3) is 0 Å². The molecule has 194 valence electrons. The number of ether oxygens (including phenoxy) is 1. The molecule has 0 radical (unpaired) electrons. The van der Waals surface area contributed by atoms with Crippen LogP contribution in [0.3, 0.4) is 0 Å². The Morgan fingerprint density at radius 3 is 2.67 bits per heavy atom. The van der Waals surface area contributed by atoms with Gasteiger partial charge in [-0.15, -0.1) is 0 Å². The number of likely N-dealkylation sites (N-methyl/N-ethyl adjacent to an activating group) is 1. The number of aliphatic hydroxyl groups excluding tert-OH is 1. The van der Waals surface area contributed by atoms with Crippen molar-refractivity contribution in [2.45, 2.75) is 63.1 Å². The number of sulfonamides is 1. The molecule has 0 saturated heterocycles. The van der Waals surface area contributed by atoms with Gasteiger partial charge in [0.05, 0.1) is 6.61 Å². The van der Waals surface area contributed by atoms with Gasteiger partial charge < -0.3 is 9.84 Å². The molecule has 1 saturated carbocycles. The third-order valence-electron chi connectivity index (χ3n) is 7.00. The Bertz CT molecular complexity index is 1190. The molecule has 1 aliphatic heterocycles. The minimum atomic E-state index is -3.86. The molecule has 1 aromatic heterocycles. The fourth-order valence-corrected chi connectivity index (χ4v) is 6.70. The van der Waals surface area contributed by atoms with E-state index in [9.17, 15) is 13.5 Å². The van der Waals surface area contributed by atoms with E-state index < -0.39 is 16.1 Å². The summed E-state index contributed by atoms with van der Waals surface area (Å²) in [6.07, 6.45) is 9.47. The van der Waals surface area contributed by atoms with Gasteiger partial charge in [0.2, 0.25) is 10.0 Å². The molecule has 0 amide bonds. The lowest BCUT2D eigenvalue weighted by atomic mass is 10.0. The average Bonchev–Trinajstić information content (AvgIpc) is 3.39. The summed E-state index contributed by atoms with van der Waals surface area (Å²) in [5, 5.41) is 9.83. The molecule has 0 spiro atoms. The van der Waals surface area contributed by atoms with Crippen molar-refractivity contribution in [3.63, 3.8) is 0 Å². The van der Waals surface area contributed by atoms with Crippen LogP contribution in [0, 0.1) is 23.7 Å². The highest BCUT2D eigenvalue weighted by Gasteiger charge is 2.38. The van der Waals surface area contributed by atoms with Gasteiger partial charge in [-0.3, -0.25) is 4.90 Å². The Hall–Kier alpha value is -2.51. The third-order valence-corrected chi connectivity index (χ3v) is 9.02. The highest BCUT2D eigenvalue weighted by Crippen LogP contribution is 2.34. The fraction of sp³-hybridized carbons (Fsp3) is 0.556. The van der Waals surface area contributed by atoms with Crippen molar-refractivity contribution in [1.29, 1.82) is 0 Å². The second-order valence-electron chi connectivity index (χ2n) is 10.1. The van der Waals surface area contributed by atoms with E-state index in [4.69, 9.17) is 4.74 Å². The lowest BCUT2D eigenvalue weighted by Crippen LogP contribution is -2.49. The average molecular weight is 513 g/mol. The van der Waals surface area contributed by atoms with Crippen molar-refractivity contribution in [3.8, 4) is 17.6 Å². The lowest BCUT2D eigenvalue weighted by Gasteiger charge is -2.37. The van der Waals surface area contributed by atoms with Crippen LogP contribution in [0.5, 0.6) is 5.75 Å². The summed E-state index contributed by atoms with van der Waals surface area (Å²) in [7, 11) is -1.87. The van der Waals surface area contributed by atoms with E-state index in [2.05, 4.69) is 26.7 Å². The van der Waals surface area contributed by atoms with Crippen molar-refractivity contribution < 1.29 is 18.3 Å². The Labute approximate surface area is 214 Å². The quantitative estimate of drug-likeness (QED) is 0.595. The maximum absolute atomic E-state index is 13.6. The van der Waals surface area contributed by atoms with Crippen LogP contribution in [0.4, 0.5) is 0 Å². The Morgan fingerprint density at radius 1 is 1.25 bits per heavy atom. The van der Waals surface area contributed by atoms with Crippen LogP contribution in [0.2, 0.25) is 0 Å². The van der Waals surface area contributed by atoms with E-state index in [1.165, 1.54) is 23.5 Å². The van der Waals surface area contributed by atoms with Gasteiger partial charge in [0.15, 0.2) is 0 Å². The Morgan fingerprint density at radius 2 is 1.97 bits per heavy atom. The number of fused-ring (bicyclic) bond motifs is 1. The van der Waals surface area contributed by atoms with Crippen molar-refractivity contribution in [2.75, 3.05) is 26.7 Å². The molecule has 0 bridgehead atoms.